The summed E-state index contributed by atoms with van der Waals surface area (Å²) in [6, 6.07) is 0. The Kier molecular flexibility index (Phi) is 6.53. The van der Waals surface area contributed by atoms with E-state index in [1.54, 1.807) is 27.7 Å². The Bertz CT molecular complexity index is 531. The van der Waals surface area contributed by atoms with Crippen LogP contribution in [0.4, 0.5) is 0 Å². The number of nitrogens with two attached hydrogens (primary N) is 2. The Labute approximate surface area is 146 Å². The molecule has 1 aliphatic rings. The van der Waals surface area contributed by atoms with Crippen molar-refractivity contribution in [2.24, 2.45) is 17.4 Å². The van der Waals surface area contributed by atoms with Crippen molar-refractivity contribution >= 4 is 17.3 Å². The molecular formula is C14H33BN4O4S. The van der Waals surface area contributed by atoms with E-state index in [9.17, 15) is 8.42 Å². The van der Waals surface area contributed by atoms with E-state index in [1.165, 1.54) is 4.31 Å². The highest BCUT2D eigenvalue weighted by Gasteiger charge is 2.46. The van der Waals surface area contributed by atoms with Crippen molar-refractivity contribution in [3.8, 4) is 0 Å². The zero-order valence-electron chi connectivity index (χ0n) is 15.4. The molecule has 0 aromatic heterocycles. The summed E-state index contributed by atoms with van der Waals surface area (Å²) in [5, 5.41) is 17.9. The molecule has 0 radical (unpaired) electrons. The van der Waals surface area contributed by atoms with Crippen molar-refractivity contribution in [3.63, 3.8) is 0 Å². The first kappa shape index (κ1) is 21.8. The molecule has 0 aromatic rings. The summed E-state index contributed by atoms with van der Waals surface area (Å²) in [4.78, 5) is 0. The van der Waals surface area contributed by atoms with Gasteiger partial charge in [0.15, 0.2) is 0 Å². The second kappa shape index (κ2) is 7.18. The van der Waals surface area contributed by atoms with E-state index in [-0.39, 0.29) is 18.8 Å². The number of rotatable bonds is 8. The van der Waals surface area contributed by atoms with Gasteiger partial charge in [-0.1, -0.05) is 6.42 Å². The van der Waals surface area contributed by atoms with Gasteiger partial charge in [0.05, 0.1) is 0 Å². The van der Waals surface area contributed by atoms with E-state index < -0.39 is 33.9 Å². The highest BCUT2D eigenvalue weighted by atomic mass is 32.2. The van der Waals surface area contributed by atoms with Crippen LogP contribution in [0.2, 0.25) is 6.32 Å². The third-order valence-corrected chi connectivity index (χ3v) is 6.95. The van der Waals surface area contributed by atoms with Gasteiger partial charge >= 0.3 is 7.12 Å². The molecule has 2 atom stereocenters. The summed E-state index contributed by atoms with van der Waals surface area (Å²) in [5.74, 6) is -0.0400. The first-order valence-electron chi connectivity index (χ1n) is 8.31. The standard InChI is InChI=1S/C14H33BN4O4S/c1-12(2,16)13(3,4)18-24(22,23)19-9-11(14(5,17)10-19)7-6-8-15(20)21/h11,18,20-21H,6-10,16-17H2,1-5H3/t11-,14-/m0/s1. The average molecular weight is 364 g/mol. The lowest BCUT2D eigenvalue weighted by Gasteiger charge is -2.39. The minimum absolute atomic E-state index is 0.0400. The molecule has 0 spiro atoms. The van der Waals surface area contributed by atoms with Gasteiger partial charge in [0.2, 0.25) is 0 Å². The summed E-state index contributed by atoms with van der Waals surface area (Å²) in [6.07, 6.45) is 1.48. The zero-order chi connectivity index (χ0) is 19.0. The summed E-state index contributed by atoms with van der Waals surface area (Å²) in [5.41, 5.74) is 10.2. The van der Waals surface area contributed by atoms with E-state index in [2.05, 4.69) is 4.72 Å². The molecule has 0 aliphatic carbocycles. The minimum atomic E-state index is -3.72. The third kappa shape index (κ3) is 5.39. The van der Waals surface area contributed by atoms with Crippen molar-refractivity contribution in [3.05, 3.63) is 0 Å². The molecule has 0 unspecified atom stereocenters. The molecule has 1 heterocycles. The average Bonchev–Trinajstić information content (AvgIpc) is 2.62. The van der Waals surface area contributed by atoms with Gasteiger partial charge in [-0.15, -0.1) is 0 Å². The van der Waals surface area contributed by atoms with E-state index in [0.29, 0.717) is 19.4 Å². The van der Waals surface area contributed by atoms with E-state index in [1.807, 2.05) is 6.92 Å². The molecule has 0 bridgehead atoms. The molecule has 10 heteroatoms. The fourth-order valence-corrected chi connectivity index (χ4v) is 4.56. The van der Waals surface area contributed by atoms with Crippen LogP contribution in [0.15, 0.2) is 0 Å². The molecule has 1 aliphatic heterocycles. The predicted molar refractivity (Wildman–Crippen MR) is 96.3 cm³/mol. The Morgan fingerprint density at radius 3 is 2.33 bits per heavy atom. The minimum Gasteiger partial charge on any atom is -0.427 e. The molecule has 7 N–H and O–H groups in total. The topological polar surface area (TPSA) is 142 Å². The van der Waals surface area contributed by atoms with Crippen molar-refractivity contribution in [2.75, 3.05) is 13.1 Å². The Morgan fingerprint density at radius 1 is 1.33 bits per heavy atom. The molecule has 8 nitrogen and oxygen atoms in total. The van der Waals surface area contributed by atoms with Crippen LogP contribution < -0.4 is 16.2 Å². The molecular weight excluding hydrogens is 331 g/mol. The van der Waals surface area contributed by atoms with Crippen molar-refractivity contribution in [1.82, 2.24) is 9.03 Å². The molecule has 142 valence electrons. The Hall–Kier alpha value is -0.225. The summed E-state index contributed by atoms with van der Waals surface area (Å²) >= 11 is 0. The lowest BCUT2D eigenvalue weighted by atomic mass is 9.79. The number of hydrogen-bond donors (Lipinski definition) is 5. The van der Waals surface area contributed by atoms with Gasteiger partial charge in [-0.2, -0.15) is 17.4 Å². The summed E-state index contributed by atoms with van der Waals surface area (Å²) in [7, 11) is -5.06. The maximum atomic E-state index is 12.7. The van der Waals surface area contributed by atoms with Crippen LogP contribution in [0, 0.1) is 5.92 Å². The fourth-order valence-electron chi connectivity index (χ4n) is 2.70. The quantitative estimate of drug-likeness (QED) is 0.358. The van der Waals surface area contributed by atoms with Gasteiger partial charge in [-0.25, -0.2) is 0 Å². The van der Waals surface area contributed by atoms with Gasteiger partial charge in [-0.3, -0.25) is 0 Å². The van der Waals surface area contributed by atoms with E-state index in [0.717, 1.165) is 0 Å². The van der Waals surface area contributed by atoms with Crippen LogP contribution in [0.25, 0.3) is 0 Å². The molecule has 24 heavy (non-hydrogen) atoms. The number of nitrogens with one attached hydrogen (secondary N) is 1. The van der Waals surface area contributed by atoms with Crippen LogP contribution >= 0.6 is 0 Å². The van der Waals surface area contributed by atoms with E-state index >= 15 is 0 Å². The smallest absolute Gasteiger partial charge is 0.427 e. The first-order chi connectivity index (χ1) is 10.6. The maximum absolute atomic E-state index is 12.7. The monoisotopic (exact) mass is 364 g/mol. The van der Waals surface area contributed by atoms with Gasteiger partial charge < -0.3 is 21.5 Å². The Balaban J connectivity index is 2.81. The highest BCUT2D eigenvalue weighted by molar-refractivity contribution is 7.87. The van der Waals surface area contributed by atoms with Crippen molar-refractivity contribution in [2.45, 2.75) is 70.4 Å². The second-order valence-electron chi connectivity index (χ2n) is 8.36. The van der Waals surface area contributed by atoms with Crippen LogP contribution in [0.3, 0.4) is 0 Å². The van der Waals surface area contributed by atoms with Crippen LogP contribution in [0.5, 0.6) is 0 Å². The molecule has 0 amide bonds. The van der Waals surface area contributed by atoms with Gasteiger partial charge in [-0.05, 0) is 53.3 Å². The normalized spacial score (nSPS) is 26.8. The summed E-state index contributed by atoms with van der Waals surface area (Å²) in [6.45, 7) is 9.41. The lowest BCUT2D eigenvalue weighted by molar-refractivity contribution is 0.273. The lowest BCUT2D eigenvalue weighted by Crippen LogP contribution is -2.64. The zero-order valence-corrected chi connectivity index (χ0v) is 16.2. The van der Waals surface area contributed by atoms with Gasteiger partial charge in [0.1, 0.15) is 0 Å². The van der Waals surface area contributed by atoms with E-state index in [4.69, 9.17) is 21.5 Å². The molecule has 1 saturated heterocycles. The SMILES string of the molecule is CC(C)(N)C(C)(C)NS(=O)(=O)N1C[C@H](CCCB(O)O)[C@@](C)(N)C1. The molecule has 1 rings (SSSR count). The van der Waals surface area contributed by atoms with Crippen molar-refractivity contribution in [1.29, 1.82) is 0 Å². The van der Waals surface area contributed by atoms with Gasteiger partial charge in [0, 0.05) is 29.7 Å². The van der Waals surface area contributed by atoms with Crippen LogP contribution in [0.1, 0.15) is 47.5 Å². The second-order valence-corrected chi connectivity index (χ2v) is 10.0. The first-order valence-corrected chi connectivity index (χ1v) is 9.75. The van der Waals surface area contributed by atoms with Crippen LogP contribution in [-0.2, 0) is 10.2 Å². The maximum Gasteiger partial charge on any atom is 0.451 e. The van der Waals surface area contributed by atoms with Crippen LogP contribution in [-0.4, -0.2) is 59.6 Å². The molecule has 1 fully saturated rings. The van der Waals surface area contributed by atoms with Gasteiger partial charge in [0.25, 0.3) is 10.2 Å². The highest BCUT2D eigenvalue weighted by Crippen LogP contribution is 2.32. The molecule has 0 saturated carbocycles. The fraction of sp³-hybridized carbons (Fsp3) is 1.00. The predicted octanol–water partition coefficient (Wildman–Crippen LogP) is -0.761. The number of hydrogen-bond acceptors (Lipinski definition) is 6. The number of nitrogens with zero attached hydrogens (tertiary/aromatic N) is 1. The summed E-state index contributed by atoms with van der Waals surface area (Å²) < 4.78 is 29.5. The largest absolute Gasteiger partial charge is 0.451 e. The van der Waals surface area contributed by atoms with Crippen molar-refractivity contribution < 1.29 is 18.5 Å². The Morgan fingerprint density at radius 2 is 1.88 bits per heavy atom. The third-order valence-electron chi connectivity index (χ3n) is 5.22. The molecule has 0 aromatic carbocycles.